The molecule has 0 bridgehead atoms. The average molecular weight is 306 g/mol. The first kappa shape index (κ1) is 12.1. The van der Waals surface area contributed by atoms with Crippen molar-refractivity contribution in [3.05, 3.63) is 21.9 Å². The number of nitrogens with one attached hydrogen (secondary N) is 1. The Kier molecular flexibility index (Phi) is 4.05. The maximum atomic E-state index is 5.84. The van der Waals surface area contributed by atoms with E-state index in [0.29, 0.717) is 17.1 Å². The summed E-state index contributed by atoms with van der Waals surface area (Å²) in [5.41, 5.74) is 0.982. The van der Waals surface area contributed by atoms with Gasteiger partial charge in [0.05, 0.1) is 23.0 Å². The molecular weight excluding hydrogens is 291 g/mol. The van der Waals surface area contributed by atoms with Crippen molar-refractivity contribution >= 4 is 33.2 Å². The normalized spacial score (nSPS) is 22.1. The molecule has 0 aromatic carbocycles. The Morgan fingerprint density at radius 2 is 2.50 bits per heavy atom. The molecular formula is C11H14BrClN2O. The Labute approximate surface area is 109 Å². The first-order valence-corrected chi connectivity index (χ1v) is 6.49. The monoisotopic (exact) mass is 304 g/mol. The van der Waals surface area contributed by atoms with Crippen LogP contribution in [0.2, 0.25) is 5.15 Å². The lowest BCUT2D eigenvalue weighted by molar-refractivity contribution is 0.183. The van der Waals surface area contributed by atoms with Crippen LogP contribution < -0.4 is 5.32 Å². The maximum Gasteiger partial charge on any atom is 0.143 e. The van der Waals surface area contributed by atoms with Gasteiger partial charge >= 0.3 is 0 Å². The Morgan fingerprint density at radius 3 is 3.12 bits per heavy atom. The summed E-state index contributed by atoms with van der Waals surface area (Å²) in [5.74, 6) is 0.578. The number of anilines is 1. The van der Waals surface area contributed by atoms with Crippen LogP contribution in [0, 0.1) is 5.92 Å². The van der Waals surface area contributed by atoms with Crippen molar-refractivity contribution in [1.29, 1.82) is 0 Å². The van der Waals surface area contributed by atoms with Crippen molar-refractivity contribution in [2.45, 2.75) is 19.4 Å². The van der Waals surface area contributed by atoms with Gasteiger partial charge in [0.25, 0.3) is 0 Å². The predicted octanol–water partition coefficient (Wildman–Crippen LogP) is 3.33. The topological polar surface area (TPSA) is 34.2 Å². The van der Waals surface area contributed by atoms with E-state index in [9.17, 15) is 0 Å². The number of rotatable bonds is 3. The number of hydrogen-bond acceptors (Lipinski definition) is 3. The third-order valence-corrected chi connectivity index (χ3v) is 4.00. The van der Waals surface area contributed by atoms with E-state index in [1.807, 2.05) is 6.07 Å². The highest BCUT2D eigenvalue weighted by Gasteiger charge is 2.22. The molecule has 2 unspecified atom stereocenters. The molecule has 1 saturated heterocycles. The van der Waals surface area contributed by atoms with Gasteiger partial charge in [0.1, 0.15) is 5.15 Å². The molecule has 1 fully saturated rings. The van der Waals surface area contributed by atoms with Crippen LogP contribution in [0.3, 0.4) is 0 Å². The molecule has 1 aliphatic heterocycles. The van der Waals surface area contributed by atoms with Crippen LogP contribution in [-0.2, 0) is 4.74 Å². The third kappa shape index (κ3) is 2.87. The Hall–Kier alpha value is -0.320. The first-order valence-electron chi connectivity index (χ1n) is 5.32. The minimum Gasteiger partial charge on any atom is -0.381 e. The van der Waals surface area contributed by atoms with E-state index in [-0.39, 0.29) is 0 Å². The predicted molar refractivity (Wildman–Crippen MR) is 69.0 cm³/mol. The second-order valence-corrected chi connectivity index (χ2v) is 5.27. The number of aromatic nitrogens is 1. The third-order valence-electron chi connectivity index (χ3n) is 2.86. The molecule has 0 aliphatic carbocycles. The molecule has 88 valence electrons. The van der Waals surface area contributed by atoms with E-state index in [0.717, 1.165) is 29.8 Å². The number of halogens is 2. The lowest BCUT2D eigenvalue weighted by atomic mass is 10.0. The highest BCUT2D eigenvalue weighted by molar-refractivity contribution is 9.10. The summed E-state index contributed by atoms with van der Waals surface area (Å²) in [6.45, 7) is 3.89. The highest BCUT2D eigenvalue weighted by atomic mass is 79.9. The number of ether oxygens (including phenoxy) is 1. The molecule has 0 radical (unpaired) electrons. The molecule has 1 aromatic rings. The van der Waals surface area contributed by atoms with Gasteiger partial charge in [-0.25, -0.2) is 4.98 Å². The molecule has 2 atom stereocenters. The smallest absolute Gasteiger partial charge is 0.143 e. The van der Waals surface area contributed by atoms with E-state index in [1.54, 1.807) is 6.20 Å². The zero-order valence-corrected chi connectivity index (χ0v) is 11.4. The standard InChI is InChI=1S/C11H14BrClN2O/c1-7(8-2-3-16-6-8)15-9-4-10(12)11(13)14-5-9/h4-5,7-8,15H,2-3,6H2,1H3. The minimum absolute atomic E-state index is 0.386. The average Bonchev–Trinajstić information content (AvgIpc) is 2.77. The highest BCUT2D eigenvalue weighted by Crippen LogP contribution is 2.25. The van der Waals surface area contributed by atoms with E-state index in [2.05, 4.69) is 33.2 Å². The van der Waals surface area contributed by atoms with Crippen LogP contribution in [0.4, 0.5) is 5.69 Å². The van der Waals surface area contributed by atoms with Gasteiger partial charge in [0.2, 0.25) is 0 Å². The fourth-order valence-corrected chi connectivity index (χ4v) is 2.28. The van der Waals surface area contributed by atoms with E-state index < -0.39 is 0 Å². The molecule has 0 amide bonds. The quantitative estimate of drug-likeness (QED) is 0.870. The van der Waals surface area contributed by atoms with Crippen LogP contribution in [0.5, 0.6) is 0 Å². The van der Waals surface area contributed by atoms with Crippen LogP contribution in [0.1, 0.15) is 13.3 Å². The second kappa shape index (κ2) is 5.34. The minimum atomic E-state index is 0.386. The molecule has 3 nitrogen and oxygen atoms in total. The first-order chi connectivity index (χ1) is 7.66. The molecule has 0 saturated carbocycles. The zero-order valence-electron chi connectivity index (χ0n) is 9.04. The van der Waals surface area contributed by atoms with Crippen LogP contribution in [0.25, 0.3) is 0 Å². The maximum absolute atomic E-state index is 5.84. The van der Waals surface area contributed by atoms with Crippen LogP contribution in [-0.4, -0.2) is 24.2 Å². The van der Waals surface area contributed by atoms with Gasteiger partial charge in [-0.15, -0.1) is 0 Å². The lowest BCUT2D eigenvalue weighted by Gasteiger charge is -2.20. The Bertz CT molecular complexity index is 369. The number of pyridine rings is 1. The van der Waals surface area contributed by atoms with Gasteiger partial charge in [-0.2, -0.15) is 0 Å². The van der Waals surface area contributed by atoms with Gasteiger partial charge in [0, 0.05) is 18.6 Å². The van der Waals surface area contributed by atoms with Gasteiger partial charge in [0.15, 0.2) is 0 Å². The Morgan fingerprint density at radius 1 is 1.69 bits per heavy atom. The largest absolute Gasteiger partial charge is 0.381 e. The van der Waals surface area contributed by atoms with E-state index >= 15 is 0 Å². The summed E-state index contributed by atoms with van der Waals surface area (Å²) in [6, 6.07) is 2.33. The fourth-order valence-electron chi connectivity index (χ4n) is 1.83. The van der Waals surface area contributed by atoms with Crippen molar-refractivity contribution in [3.8, 4) is 0 Å². The lowest BCUT2D eigenvalue weighted by Crippen LogP contribution is -2.26. The van der Waals surface area contributed by atoms with Gasteiger partial charge < -0.3 is 10.1 Å². The SMILES string of the molecule is CC(Nc1cnc(Cl)c(Br)c1)C1CCOC1. The molecule has 2 heterocycles. The van der Waals surface area contributed by atoms with Crippen molar-refractivity contribution in [2.75, 3.05) is 18.5 Å². The van der Waals surface area contributed by atoms with Crippen molar-refractivity contribution < 1.29 is 4.74 Å². The molecule has 5 heteroatoms. The summed E-state index contributed by atoms with van der Waals surface area (Å²) in [4.78, 5) is 4.08. The molecule has 2 rings (SSSR count). The Balaban J connectivity index is 1.99. The van der Waals surface area contributed by atoms with Crippen LogP contribution >= 0.6 is 27.5 Å². The van der Waals surface area contributed by atoms with E-state index in [4.69, 9.17) is 16.3 Å². The van der Waals surface area contributed by atoms with Gasteiger partial charge in [-0.05, 0) is 35.3 Å². The van der Waals surface area contributed by atoms with Gasteiger partial charge in [-0.3, -0.25) is 0 Å². The fraction of sp³-hybridized carbons (Fsp3) is 0.545. The molecule has 16 heavy (non-hydrogen) atoms. The second-order valence-electron chi connectivity index (χ2n) is 4.05. The summed E-state index contributed by atoms with van der Waals surface area (Å²) < 4.78 is 6.19. The molecule has 1 aromatic heterocycles. The van der Waals surface area contributed by atoms with Crippen LogP contribution in [0.15, 0.2) is 16.7 Å². The number of hydrogen-bond donors (Lipinski definition) is 1. The summed E-state index contributed by atoms with van der Waals surface area (Å²) in [5, 5.41) is 3.91. The number of nitrogens with zero attached hydrogens (tertiary/aromatic N) is 1. The summed E-state index contributed by atoms with van der Waals surface area (Å²) in [7, 11) is 0. The summed E-state index contributed by atoms with van der Waals surface area (Å²) >= 11 is 9.20. The van der Waals surface area contributed by atoms with E-state index in [1.165, 1.54) is 0 Å². The summed E-state index contributed by atoms with van der Waals surface area (Å²) in [6.07, 6.45) is 2.87. The molecule has 0 spiro atoms. The van der Waals surface area contributed by atoms with Gasteiger partial charge in [-0.1, -0.05) is 11.6 Å². The molecule has 1 aliphatic rings. The molecule has 1 N–H and O–H groups in total. The van der Waals surface area contributed by atoms with Crippen molar-refractivity contribution in [1.82, 2.24) is 4.98 Å². The zero-order chi connectivity index (χ0) is 11.5. The van der Waals surface area contributed by atoms with Crippen molar-refractivity contribution in [3.63, 3.8) is 0 Å². The van der Waals surface area contributed by atoms with Crippen molar-refractivity contribution in [2.24, 2.45) is 5.92 Å².